The van der Waals surface area contributed by atoms with Gasteiger partial charge in [-0.2, -0.15) is 11.8 Å². The Labute approximate surface area is 173 Å². The van der Waals surface area contributed by atoms with E-state index in [9.17, 15) is 0 Å². The van der Waals surface area contributed by atoms with Gasteiger partial charge in [-0.25, -0.2) is 0 Å². The van der Waals surface area contributed by atoms with E-state index in [4.69, 9.17) is 9.47 Å². The Morgan fingerprint density at radius 1 is 1.25 bits per heavy atom. The molecule has 7 heteroatoms. The molecule has 1 unspecified atom stereocenters. The van der Waals surface area contributed by atoms with Crippen molar-refractivity contribution in [2.45, 2.75) is 19.4 Å². The maximum absolute atomic E-state index is 5.74. The molecule has 1 aromatic carbocycles. The van der Waals surface area contributed by atoms with Crippen LogP contribution in [-0.4, -0.2) is 70.6 Å². The normalized spacial score (nSPS) is 20.4. The van der Waals surface area contributed by atoms with Crippen molar-refractivity contribution >= 4 is 23.4 Å². The zero-order chi connectivity index (χ0) is 19.4. The number of anilines is 1. The Morgan fingerprint density at radius 2 is 2.07 bits per heavy atom. The van der Waals surface area contributed by atoms with Crippen molar-refractivity contribution in [3.05, 3.63) is 29.8 Å². The van der Waals surface area contributed by atoms with Crippen LogP contribution in [0.5, 0.6) is 0 Å². The maximum atomic E-state index is 5.74. The summed E-state index contributed by atoms with van der Waals surface area (Å²) < 4.78 is 11.1. The first-order chi connectivity index (χ1) is 13.8. The quantitative estimate of drug-likeness (QED) is 0.373. The molecule has 2 saturated heterocycles. The van der Waals surface area contributed by atoms with Gasteiger partial charge in [-0.15, -0.1) is 0 Å². The van der Waals surface area contributed by atoms with Crippen LogP contribution in [-0.2, 0) is 16.0 Å². The van der Waals surface area contributed by atoms with Crippen LogP contribution >= 0.6 is 11.8 Å². The molecule has 0 radical (unpaired) electrons. The molecule has 0 aromatic heterocycles. The highest BCUT2D eigenvalue weighted by atomic mass is 32.2. The van der Waals surface area contributed by atoms with Gasteiger partial charge in [0.2, 0.25) is 0 Å². The van der Waals surface area contributed by atoms with Crippen LogP contribution in [0.3, 0.4) is 0 Å². The zero-order valence-corrected chi connectivity index (χ0v) is 17.8. The van der Waals surface area contributed by atoms with E-state index in [-0.39, 0.29) is 0 Å². The lowest BCUT2D eigenvalue weighted by molar-refractivity contribution is 0.0888. The Balaban J connectivity index is 1.29. The Morgan fingerprint density at radius 3 is 2.79 bits per heavy atom. The molecule has 0 saturated carbocycles. The van der Waals surface area contributed by atoms with Gasteiger partial charge < -0.3 is 25.0 Å². The van der Waals surface area contributed by atoms with Crippen LogP contribution < -0.4 is 15.5 Å². The minimum Gasteiger partial charge on any atom is -0.381 e. The van der Waals surface area contributed by atoms with Crippen LogP contribution in [0.25, 0.3) is 0 Å². The number of aliphatic imine (C=N–C) groups is 1. The molecule has 2 N–H and O–H groups in total. The Kier molecular flexibility index (Phi) is 9.26. The molecule has 2 aliphatic rings. The fourth-order valence-electron chi connectivity index (χ4n) is 3.40. The van der Waals surface area contributed by atoms with E-state index in [1.165, 1.54) is 22.8 Å². The predicted molar refractivity (Wildman–Crippen MR) is 119 cm³/mol. The predicted octanol–water partition coefficient (Wildman–Crippen LogP) is 2.35. The van der Waals surface area contributed by atoms with Crippen molar-refractivity contribution < 1.29 is 9.47 Å². The smallest absolute Gasteiger partial charge is 0.191 e. The van der Waals surface area contributed by atoms with Gasteiger partial charge in [-0.3, -0.25) is 4.99 Å². The number of benzene rings is 1. The first-order valence-corrected chi connectivity index (χ1v) is 11.5. The molecule has 1 aromatic rings. The van der Waals surface area contributed by atoms with Gasteiger partial charge >= 0.3 is 0 Å². The molecule has 3 rings (SSSR count). The summed E-state index contributed by atoms with van der Waals surface area (Å²) in [6, 6.07) is 8.88. The highest BCUT2D eigenvalue weighted by Gasteiger charge is 2.15. The lowest BCUT2D eigenvalue weighted by Gasteiger charge is -2.28. The first-order valence-electron chi connectivity index (χ1n) is 10.4. The number of hydrogen-bond donors (Lipinski definition) is 2. The van der Waals surface area contributed by atoms with Crippen molar-refractivity contribution in [2.75, 3.05) is 69.5 Å². The molecule has 28 heavy (non-hydrogen) atoms. The number of hydrogen-bond acceptors (Lipinski definition) is 5. The molecule has 1 atom stereocenters. The van der Waals surface area contributed by atoms with Gasteiger partial charge in [0, 0.05) is 69.6 Å². The van der Waals surface area contributed by atoms with E-state index in [0.29, 0.717) is 5.92 Å². The average Bonchev–Trinajstić information content (AvgIpc) is 3.27. The van der Waals surface area contributed by atoms with E-state index < -0.39 is 0 Å². The summed E-state index contributed by atoms with van der Waals surface area (Å²) in [5.41, 5.74) is 2.59. The minimum atomic E-state index is 0.586. The number of ether oxygens (including phenoxy) is 2. The average molecular weight is 407 g/mol. The van der Waals surface area contributed by atoms with E-state index in [1.807, 2.05) is 18.8 Å². The molecule has 0 aliphatic carbocycles. The molecule has 0 amide bonds. The van der Waals surface area contributed by atoms with Gasteiger partial charge in [0.1, 0.15) is 0 Å². The zero-order valence-electron chi connectivity index (χ0n) is 17.0. The summed E-state index contributed by atoms with van der Waals surface area (Å²) in [6.07, 6.45) is 2.10. The van der Waals surface area contributed by atoms with Gasteiger partial charge in [0.05, 0.1) is 13.2 Å². The second-order valence-electron chi connectivity index (χ2n) is 7.28. The van der Waals surface area contributed by atoms with Crippen molar-refractivity contribution in [3.63, 3.8) is 0 Å². The highest BCUT2D eigenvalue weighted by Crippen LogP contribution is 2.19. The second kappa shape index (κ2) is 12.2. The van der Waals surface area contributed by atoms with Gasteiger partial charge in [-0.1, -0.05) is 12.1 Å². The number of nitrogens with one attached hydrogen (secondary N) is 2. The van der Waals surface area contributed by atoms with Gasteiger partial charge in [-0.05, 0) is 30.5 Å². The fourth-order valence-corrected chi connectivity index (χ4v) is 4.30. The lowest BCUT2D eigenvalue weighted by Crippen LogP contribution is -2.37. The molecular weight excluding hydrogens is 372 g/mol. The number of rotatable bonds is 9. The van der Waals surface area contributed by atoms with E-state index in [1.54, 1.807) is 0 Å². The Hall–Kier alpha value is -1.44. The van der Waals surface area contributed by atoms with Crippen LogP contribution in [0, 0.1) is 5.92 Å². The lowest BCUT2D eigenvalue weighted by atomic mass is 10.1. The summed E-state index contributed by atoms with van der Waals surface area (Å²) in [5, 5.41) is 6.74. The number of guanidine groups is 1. The molecular formula is C21H34N4O2S. The Bertz CT molecular complexity index is 585. The summed E-state index contributed by atoms with van der Waals surface area (Å²) >= 11 is 2.04. The van der Waals surface area contributed by atoms with E-state index in [0.717, 1.165) is 71.4 Å². The minimum absolute atomic E-state index is 0.586. The monoisotopic (exact) mass is 406 g/mol. The van der Waals surface area contributed by atoms with Gasteiger partial charge in [0.25, 0.3) is 0 Å². The maximum Gasteiger partial charge on any atom is 0.191 e. The summed E-state index contributed by atoms with van der Waals surface area (Å²) in [4.78, 5) is 6.77. The molecule has 2 aliphatic heterocycles. The summed E-state index contributed by atoms with van der Waals surface area (Å²) in [7, 11) is 1.81. The van der Waals surface area contributed by atoms with Crippen molar-refractivity contribution in [1.29, 1.82) is 0 Å². The van der Waals surface area contributed by atoms with Crippen LogP contribution in [0.1, 0.15) is 18.4 Å². The molecule has 6 nitrogen and oxygen atoms in total. The third-order valence-corrected chi connectivity index (χ3v) is 6.07. The fraction of sp³-hybridized carbons (Fsp3) is 0.667. The topological polar surface area (TPSA) is 58.1 Å². The SMILES string of the molecule is CN=C(NCCCOCC1CCOC1)NCc1ccc(N2CCSCC2)cc1. The van der Waals surface area contributed by atoms with Crippen LogP contribution in [0.2, 0.25) is 0 Å². The first kappa shape index (κ1) is 21.3. The standard InChI is InChI=1S/C21H34N4O2S/c1-22-21(23-8-2-11-26-16-19-7-12-27-17-19)24-15-18-3-5-20(6-4-18)25-9-13-28-14-10-25/h3-6,19H,2,7-17H2,1H3,(H2,22,23,24). The van der Waals surface area contributed by atoms with Crippen molar-refractivity contribution in [2.24, 2.45) is 10.9 Å². The molecule has 2 fully saturated rings. The molecule has 0 spiro atoms. The van der Waals surface area contributed by atoms with Crippen molar-refractivity contribution in [1.82, 2.24) is 10.6 Å². The van der Waals surface area contributed by atoms with Crippen LogP contribution in [0.15, 0.2) is 29.3 Å². The number of thioether (sulfide) groups is 1. The van der Waals surface area contributed by atoms with E-state index >= 15 is 0 Å². The largest absolute Gasteiger partial charge is 0.381 e. The third kappa shape index (κ3) is 7.18. The summed E-state index contributed by atoms with van der Waals surface area (Å²) in [5.74, 6) is 3.88. The highest BCUT2D eigenvalue weighted by molar-refractivity contribution is 7.99. The molecule has 0 bridgehead atoms. The van der Waals surface area contributed by atoms with E-state index in [2.05, 4.69) is 44.8 Å². The molecule has 156 valence electrons. The molecule has 2 heterocycles. The van der Waals surface area contributed by atoms with Crippen molar-refractivity contribution in [3.8, 4) is 0 Å². The van der Waals surface area contributed by atoms with Gasteiger partial charge in [0.15, 0.2) is 5.96 Å². The van der Waals surface area contributed by atoms with Crippen LogP contribution in [0.4, 0.5) is 5.69 Å². The second-order valence-corrected chi connectivity index (χ2v) is 8.50. The third-order valence-electron chi connectivity index (χ3n) is 5.13. The summed E-state index contributed by atoms with van der Waals surface area (Å²) in [6.45, 7) is 7.26. The number of nitrogens with zero attached hydrogens (tertiary/aromatic N) is 2.